The Balaban J connectivity index is 2.19. The lowest BCUT2D eigenvalue weighted by Gasteiger charge is -2.41. The van der Waals surface area contributed by atoms with Crippen molar-refractivity contribution >= 4 is 11.9 Å². The van der Waals surface area contributed by atoms with Gasteiger partial charge in [0.15, 0.2) is 0 Å². The number of aliphatic carboxylic acids is 1. The molecule has 108 valence electrons. The lowest BCUT2D eigenvalue weighted by molar-refractivity contribution is -0.139. The maximum absolute atomic E-state index is 12.4. The van der Waals surface area contributed by atoms with E-state index in [4.69, 9.17) is 5.11 Å². The van der Waals surface area contributed by atoms with Gasteiger partial charge in [0.2, 0.25) is 0 Å². The van der Waals surface area contributed by atoms with Gasteiger partial charge in [-0.1, -0.05) is 6.92 Å². The van der Waals surface area contributed by atoms with E-state index in [-0.39, 0.29) is 12.3 Å². The van der Waals surface area contributed by atoms with Crippen molar-refractivity contribution in [2.75, 3.05) is 0 Å². The van der Waals surface area contributed by atoms with Crippen molar-refractivity contribution in [3.05, 3.63) is 23.0 Å². The van der Waals surface area contributed by atoms with Gasteiger partial charge in [-0.3, -0.25) is 9.59 Å². The first-order valence-electron chi connectivity index (χ1n) is 6.83. The minimum absolute atomic E-state index is 0.0301. The molecule has 0 aromatic carbocycles. The first-order chi connectivity index (χ1) is 9.46. The second-order valence-electron chi connectivity index (χ2n) is 5.36. The molecular formula is C14H19N3O3. The van der Waals surface area contributed by atoms with Crippen LogP contribution in [0.25, 0.3) is 0 Å². The number of hydrogen-bond donors (Lipinski definition) is 2. The van der Waals surface area contributed by atoms with E-state index in [0.717, 1.165) is 6.42 Å². The lowest BCUT2D eigenvalue weighted by atomic mass is 9.74. The second kappa shape index (κ2) is 5.56. The first kappa shape index (κ1) is 14.4. The highest BCUT2D eigenvalue weighted by molar-refractivity contribution is 5.96. The van der Waals surface area contributed by atoms with E-state index in [9.17, 15) is 9.59 Å². The van der Waals surface area contributed by atoms with Gasteiger partial charge < -0.3 is 10.4 Å². The maximum atomic E-state index is 12.4. The molecule has 0 saturated heterocycles. The molecule has 1 aliphatic carbocycles. The van der Waals surface area contributed by atoms with Gasteiger partial charge in [-0.15, -0.1) is 0 Å². The molecule has 1 heterocycles. The van der Waals surface area contributed by atoms with Crippen LogP contribution in [-0.2, 0) is 11.2 Å². The highest BCUT2D eigenvalue weighted by atomic mass is 16.4. The van der Waals surface area contributed by atoms with Gasteiger partial charge >= 0.3 is 5.97 Å². The van der Waals surface area contributed by atoms with Crippen molar-refractivity contribution < 1.29 is 14.7 Å². The van der Waals surface area contributed by atoms with Gasteiger partial charge in [0, 0.05) is 0 Å². The Bertz CT molecular complexity index is 538. The van der Waals surface area contributed by atoms with E-state index in [1.807, 2.05) is 6.92 Å². The average Bonchev–Trinajstić information content (AvgIpc) is 2.35. The van der Waals surface area contributed by atoms with Gasteiger partial charge in [-0.05, 0) is 38.7 Å². The first-order valence-corrected chi connectivity index (χ1v) is 6.83. The molecule has 1 aromatic heterocycles. The number of aryl methyl sites for hydroxylation is 2. The van der Waals surface area contributed by atoms with E-state index in [0.29, 0.717) is 36.2 Å². The molecule has 0 unspecified atom stereocenters. The second-order valence-corrected chi connectivity index (χ2v) is 5.36. The van der Waals surface area contributed by atoms with Crippen molar-refractivity contribution in [1.29, 1.82) is 0 Å². The lowest BCUT2D eigenvalue weighted by Crippen LogP contribution is -2.54. The van der Waals surface area contributed by atoms with Crippen LogP contribution in [0.5, 0.6) is 0 Å². The molecule has 0 aliphatic heterocycles. The number of rotatable bonds is 5. The summed E-state index contributed by atoms with van der Waals surface area (Å²) in [5, 5.41) is 19.8. The molecule has 1 aromatic rings. The average molecular weight is 277 g/mol. The molecule has 2 rings (SSSR count). The summed E-state index contributed by atoms with van der Waals surface area (Å²) >= 11 is 0. The molecule has 0 atom stereocenters. The fourth-order valence-electron chi connectivity index (χ4n) is 2.52. The Kier molecular flexibility index (Phi) is 4.01. The molecule has 6 heteroatoms. The molecule has 0 radical (unpaired) electrons. The van der Waals surface area contributed by atoms with E-state index >= 15 is 0 Å². The monoisotopic (exact) mass is 277 g/mol. The third-order valence-electron chi connectivity index (χ3n) is 3.75. The van der Waals surface area contributed by atoms with E-state index in [1.165, 1.54) is 0 Å². The van der Waals surface area contributed by atoms with Crippen molar-refractivity contribution in [3.63, 3.8) is 0 Å². The zero-order valence-electron chi connectivity index (χ0n) is 11.8. The SMILES string of the molecule is CCc1nnc(C)cc1C(=O)NC1(CC(=O)O)CCC1. The summed E-state index contributed by atoms with van der Waals surface area (Å²) < 4.78 is 0. The molecule has 1 fully saturated rings. The highest BCUT2D eigenvalue weighted by Gasteiger charge is 2.40. The van der Waals surface area contributed by atoms with Crippen molar-refractivity contribution in [3.8, 4) is 0 Å². The molecule has 0 spiro atoms. The van der Waals surface area contributed by atoms with Gasteiger partial charge in [0.1, 0.15) is 0 Å². The summed E-state index contributed by atoms with van der Waals surface area (Å²) in [7, 11) is 0. The summed E-state index contributed by atoms with van der Waals surface area (Å²) in [5.74, 6) is -1.13. The highest BCUT2D eigenvalue weighted by Crippen LogP contribution is 2.35. The molecule has 1 amide bonds. The van der Waals surface area contributed by atoms with Crippen LogP contribution in [0.4, 0.5) is 0 Å². The van der Waals surface area contributed by atoms with E-state index in [1.54, 1.807) is 13.0 Å². The van der Waals surface area contributed by atoms with Crippen molar-refractivity contribution in [1.82, 2.24) is 15.5 Å². The minimum atomic E-state index is -0.884. The van der Waals surface area contributed by atoms with Crippen LogP contribution in [0.1, 0.15) is 54.4 Å². The Morgan fingerprint density at radius 2 is 2.10 bits per heavy atom. The standard InChI is InChI=1S/C14H19N3O3/c1-3-11-10(7-9(2)16-17-11)13(20)15-14(5-4-6-14)8-12(18)19/h7H,3-6,8H2,1-2H3,(H,15,20)(H,18,19). The maximum Gasteiger partial charge on any atom is 0.305 e. The zero-order valence-corrected chi connectivity index (χ0v) is 11.8. The number of nitrogens with zero attached hydrogens (tertiary/aromatic N) is 2. The molecule has 6 nitrogen and oxygen atoms in total. The molecule has 1 saturated carbocycles. The normalized spacial score (nSPS) is 16.3. The number of carbonyl (C=O) groups excluding carboxylic acids is 1. The Labute approximate surface area is 117 Å². The van der Waals surface area contributed by atoms with Crippen LogP contribution in [0.3, 0.4) is 0 Å². The number of carboxylic acid groups (broad SMARTS) is 1. The Morgan fingerprint density at radius 3 is 2.60 bits per heavy atom. The van der Waals surface area contributed by atoms with Gasteiger partial charge in [0.25, 0.3) is 5.91 Å². The number of aromatic nitrogens is 2. The quantitative estimate of drug-likeness (QED) is 0.850. The summed E-state index contributed by atoms with van der Waals surface area (Å²) in [6.07, 6.45) is 2.95. The fourth-order valence-corrected chi connectivity index (χ4v) is 2.52. The number of hydrogen-bond acceptors (Lipinski definition) is 4. The number of carbonyl (C=O) groups is 2. The number of carboxylic acids is 1. The molecule has 0 bridgehead atoms. The largest absolute Gasteiger partial charge is 0.481 e. The predicted molar refractivity (Wildman–Crippen MR) is 72.4 cm³/mol. The van der Waals surface area contributed by atoms with Crippen LogP contribution in [0.2, 0.25) is 0 Å². The van der Waals surface area contributed by atoms with Crippen LogP contribution in [-0.4, -0.2) is 32.7 Å². The summed E-state index contributed by atoms with van der Waals surface area (Å²) in [5.41, 5.74) is 1.22. The third-order valence-corrected chi connectivity index (χ3v) is 3.75. The van der Waals surface area contributed by atoms with E-state index < -0.39 is 11.5 Å². The predicted octanol–water partition coefficient (Wildman–Crippen LogP) is 1.47. The summed E-state index contributed by atoms with van der Waals surface area (Å²) in [6, 6.07) is 1.70. The van der Waals surface area contributed by atoms with Crippen molar-refractivity contribution in [2.45, 2.75) is 51.5 Å². The van der Waals surface area contributed by atoms with Gasteiger partial charge in [-0.25, -0.2) is 0 Å². The van der Waals surface area contributed by atoms with Crippen molar-refractivity contribution in [2.24, 2.45) is 0 Å². The van der Waals surface area contributed by atoms with Crippen LogP contribution in [0, 0.1) is 6.92 Å². The van der Waals surface area contributed by atoms with Crippen LogP contribution in [0.15, 0.2) is 6.07 Å². The van der Waals surface area contributed by atoms with Crippen LogP contribution >= 0.6 is 0 Å². The summed E-state index contributed by atoms with van der Waals surface area (Å²) in [4.78, 5) is 23.3. The van der Waals surface area contributed by atoms with Crippen LogP contribution < -0.4 is 5.32 Å². The van der Waals surface area contributed by atoms with Gasteiger partial charge in [-0.2, -0.15) is 10.2 Å². The minimum Gasteiger partial charge on any atom is -0.481 e. The molecule has 20 heavy (non-hydrogen) atoms. The smallest absolute Gasteiger partial charge is 0.305 e. The summed E-state index contributed by atoms with van der Waals surface area (Å²) in [6.45, 7) is 3.69. The third kappa shape index (κ3) is 2.95. The number of nitrogens with one attached hydrogen (secondary N) is 1. The zero-order chi connectivity index (χ0) is 14.8. The molecular weight excluding hydrogens is 258 g/mol. The van der Waals surface area contributed by atoms with Gasteiger partial charge in [0.05, 0.1) is 28.9 Å². The van der Waals surface area contributed by atoms with E-state index in [2.05, 4.69) is 15.5 Å². The number of amides is 1. The Morgan fingerprint density at radius 1 is 1.40 bits per heavy atom. The Hall–Kier alpha value is -1.98. The fraction of sp³-hybridized carbons (Fsp3) is 0.571. The molecule has 2 N–H and O–H groups in total. The topological polar surface area (TPSA) is 92.2 Å². The molecule has 1 aliphatic rings.